The predicted octanol–water partition coefficient (Wildman–Crippen LogP) is 2.59. The minimum absolute atomic E-state index is 0.00938. The van der Waals surface area contributed by atoms with Crippen molar-refractivity contribution in [2.75, 3.05) is 18.4 Å². The maximum absolute atomic E-state index is 12.6. The van der Waals surface area contributed by atoms with Crippen molar-refractivity contribution >= 4 is 43.5 Å². The Kier molecular flexibility index (Phi) is 6.17. The number of anilines is 1. The van der Waals surface area contributed by atoms with Crippen LogP contribution in [0.1, 0.15) is 23.2 Å². The van der Waals surface area contributed by atoms with Crippen molar-refractivity contribution in [1.29, 1.82) is 0 Å². The van der Waals surface area contributed by atoms with Crippen LogP contribution in [0, 0.1) is 5.92 Å². The number of sulfonamides is 1. The summed E-state index contributed by atoms with van der Waals surface area (Å²) in [5, 5.41) is 7.85. The zero-order valence-corrected chi connectivity index (χ0v) is 17.4. The monoisotopic (exact) mass is 465 g/mol. The summed E-state index contributed by atoms with van der Waals surface area (Å²) in [4.78, 5) is 26.8. The van der Waals surface area contributed by atoms with E-state index in [0.717, 1.165) is 4.47 Å². The first-order chi connectivity index (χ1) is 13.2. The maximum Gasteiger partial charge on any atom is 0.253 e. The van der Waals surface area contributed by atoms with E-state index in [-0.39, 0.29) is 22.6 Å². The standard InChI is InChI=1S/C19H20BrN3O4S/c20-15-3-1-2-14(12-15)19(25)23-10-8-13(9-11-23)18(24)22-16-4-6-17(7-5-16)28(21,26)27/h1-7,12-13H,8-11H2,(H,22,24)(H2,21,26,27). The Morgan fingerprint density at radius 1 is 1.07 bits per heavy atom. The fourth-order valence-corrected chi connectivity index (χ4v) is 4.04. The van der Waals surface area contributed by atoms with Gasteiger partial charge < -0.3 is 10.2 Å². The van der Waals surface area contributed by atoms with Crippen molar-refractivity contribution in [3.63, 3.8) is 0 Å². The second kappa shape index (κ2) is 8.42. The number of nitrogens with one attached hydrogen (secondary N) is 1. The van der Waals surface area contributed by atoms with Gasteiger partial charge in [-0.1, -0.05) is 22.0 Å². The number of carbonyl (C=O) groups is 2. The molecule has 1 fully saturated rings. The van der Waals surface area contributed by atoms with Crippen LogP contribution in [0.5, 0.6) is 0 Å². The van der Waals surface area contributed by atoms with Crippen molar-refractivity contribution in [1.82, 2.24) is 4.90 Å². The first-order valence-corrected chi connectivity index (χ1v) is 11.1. The second-order valence-electron chi connectivity index (χ2n) is 6.64. The van der Waals surface area contributed by atoms with Gasteiger partial charge in [0, 0.05) is 34.7 Å². The average molecular weight is 466 g/mol. The molecule has 0 aromatic heterocycles. The van der Waals surface area contributed by atoms with Gasteiger partial charge in [-0.05, 0) is 55.3 Å². The molecular formula is C19H20BrN3O4S. The van der Waals surface area contributed by atoms with Crippen LogP contribution in [0.2, 0.25) is 0 Å². The molecule has 148 valence electrons. The predicted molar refractivity (Wildman–Crippen MR) is 109 cm³/mol. The zero-order valence-electron chi connectivity index (χ0n) is 15.0. The van der Waals surface area contributed by atoms with Gasteiger partial charge in [0.15, 0.2) is 0 Å². The number of amides is 2. The number of primary sulfonamides is 1. The molecule has 3 N–H and O–H groups in total. The highest BCUT2D eigenvalue weighted by Crippen LogP contribution is 2.22. The van der Waals surface area contributed by atoms with E-state index in [1.807, 2.05) is 12.1 Å². The third-order valence-corrected chi connectivity index (χ3v) is 6.10. The van der Waals surface area contributed by atoms with E-state index < -0.39 is 10.0 Å². The first-order valence-electron chi connectivity index (χ1n) is 8.72. The van der Waals surface area contributed by atoms with Crippen molar-refractivity contribution in [3.8, 4) is 0 Å². The quantitative estimate of drug-likeness (QED) is 0.722. The molecular weight excluding hydrogens is 446 g/mol. The van der Waals surface area contributed by atoms with Gasteiger partial charge >= 0.3 is 0 Å². The van der Waals surface area contributed by atoms with Crippen LogP contribution in [0.25, 0.3) is 0 Å². The van der Waals surface area contributed by atoms with Gasteiger partial charge in [0.1, 0.15) is 0 Å². The summed E-state index contributed by atoms with van der Waals surface area (Å²) in [5.41, 5.74) is 1.12. The van der Waals surface area contributed by atoms with Gasteiger partial charge in [-0.3, -0.25) is 9.59 Å². The molecule has 0 atom stereocenters. The Balaban J connectivity index is 1.56. The molecule has 2 aromatic carbocycles. The Morgan fingerprint density at radius 3 is 2.29 bits per heavy atom. The van der Waals surface area contributed by atoms with Crippen LogP contribution in [-0.4, -0.2) is 38.2 Å². The molecule has 1 heterocycles. The largest absolute Gasteiger partial charge is 0.339 e. The molecule has 0 unspecified atom stereocenters. The molecule has 1 aliphatic rings. The third-order valence-electron chi connectivity index (χ3n) is 4.67. The lowest BCUT2D eigenvalue weighted by atomic mass is 9.95. The van der Waals surface area contributed by atoms with E-state index in [1.54, 1.807) is 17.0 Å². The number of halogens is 1. The average Bonchev–Trinajstić information content (AvgIpc) is 2.67. The van der Waals surface area contributed by atoms with Gasteiger partial charge in [0.25, 0.3) is 5.91 Å². The summed E-state index contributed by atoms with van der Waals surface area (Å²) >= 11 is 3.37. The van der Waals surface area contributed by atoms with E-state index in [4.69, 9.17) is 5.14 Å². The SMILES string of the molecule is NS(=O)(=O)c1ccc(NC(=O)C2CCN(C(=O)c3cccc(Br)c3)CC2)cc1. The van der Waals surface area contributed by atoms with E-state index in [9.17, 15) is 18.0 Å². The lowest BCUT2D eigenvalue weighted by molar-refractivity contribution is -0.121. The van der Waals surface area contributed by atoms with E-state index in [2.05, 4.69) is 21.2 Å². The lowest BCUT2D eigenvalue weighted by Crippen LogP contribution is -2.41. The Morgan fingerprint density at radius 2 is 1.71 bits per heavy atom. The van der Waals surface area contributed by atoms with Crippen LogP contribution >= 0.6 is 15.9 Å². The minimum atomic E-state index is -3.76. The number of carbonyl (C=O) groups excluding carboxylic acids is 2. The van der Waals surface area contributed by atoms with Crippen LogP contribution < -0.4 is 10.5 Å². The number of likely N-dealkylation sites (tertiary alicyclic amines) is 1. The van der Waals surface area contributed by atoms with Gasteiger partial charge in [0.05, 0.1) is 4.90 Å². The number of piperidine rings is 1. The Labute approximate surface area is 172 Å². The summed E-state index contributed by atoms with van der Waals surface area (Å²) in [7, 11) is -3.76. The number of benzene rings is 2. The zero-order chi connectivity index (χ0) is 20.3. The smallest absolute Gasteiger partial charge is 0.253 e. The fraction of sp³-hybridized carbons (Fsp3) is 0.263. The minimum Gasteiger partial charge on any atom is -0.339 e. The Hall–Kier alpha value is -2.23. The number of nitrogens with zero attached hydrogens (tertiary/aromatic N) is 1. The van der Waals surface area contributed by atoms with Gasteiger partial charge in [-0.25, -0.2) is 13.6 Å². The van der Waals surface area contributed by atoms with E-state index >= 15 is 0 Å². The maximum atomic E-state index is 12.6. The van der Waals surface area contributed by atoms with Gasteiger partial charge in [0.2, 0.25) is 15.9 Å². The summed E-state index contributed by atoms with van der Waals surface area (Å²) in [6.07, 6.45) is 1.14. The molecule has 9 heteroatoms. The second-order valence-corrected chi connectivity index (χ2v) is 9.11. The van der Waals surface area contributed by atoms with Gasteiger partial charge in [-0.2, -0.15) is 0 Å². The molecule has 7 nitrogen and oxygen atoms in total. The van der Waals surface area contributed by atoms with Crippen molar-refractivity contribution in [2.24, 2.45) is 11.1 Å². The molecule has 0 saturated carbocycles. The van der Waals surface area contributed by atoms with Crippen molar-refractivity contribution in [3.05, 3.63) is 58.6 Å². The summed E-state index contributed by atoms with van der Waals surface area (Å²) in [5.74, 6) is -0.388. The van der Waals surface area contributed by atoms with Crippen LogP contribution in [0.15, 0.2) is 57.9 Å². The molecule has 0 spiro atoms. The molecule has 0 radical (unpaired) electrons. The highest BCUT2D eigenvalue weighted by molar-refractivity contribution is 9.10. The lowest BCUT2D eigenvalue weighted by Gasteiger charge is -2.31. The molecule has 28 heavy (non-hydrogen) atoms. The highest BCUT2D eigenvalue weighted by atomic mass is 79.9. The molecule has 1 saturated heterocycles. The summed E-state index contributed by atoms with van der Waals surface area (Å²) in [6, 6.07) is 13.0. The fourth-order valence-electron chi connectivity index (χ4n) is 3.12. The molecule has 2 amide bonds. The van der Waals surface area contributed by atoms with Gasteiger partial charge in [-0.15, -0.1) is 0 Å². The summed E-state index contributed by atoms with van der Waals surface area (Å²) < 4.78 is 23.4. The van der Waals surface area contributed by atoms with E-state index in [0.29, 0.717) is 37.2 Å². The van der Waals surface area contributed by atoms with Crippen molar-refractivity contribution < 1.29 is 18.0 Å². The van der Waals surface area contributed by atoms with Crippen LogP contribution in [0.4, 0.5) is 5.69 Å². The number of nitrogens with two attached hydrogens (primary N) is 1. The van der Waals surface area contributed by atoms with E-state index in [1.165, 1.54) is 24.3 Å². The Bertz CT molecular complexity index is 984. The molecule has 0 bridgehead atoms. The topological polar surface area (TPSA) is 110 Å². The molecule has 3 rings (SSSR count). The summed E-state index contributed by atoms with van der Waals surface area (Å²) in [6.45, 7) is 1.02. The van der Waals surface area contributed by atoms with Crippen LogP contribution in [-0.2, 0) is 14.8 Å². The molecule has 1 aliphatic heterocycles. The first kappa shape index (κ1) is 20.5. The third kappa shape index (κ3) is 4.98. The van der Waals surface area contributed by atoms with Crippen molar-refractivity contribution in [2.45, 2.75) is 17.7 Å². The van der Waals surface area contributed by atoms with Crippen LogP contribution in [0.3, 0.4) is 0 Å². The molecule has 2 aromatic rings. The number of hydrogen-bond acceptors (Lipinski definition) is 4. The number of hydrogen-bond donors (Lipinski definition) is 2. The number of rotatable bonds is 4. The molecule has 0 aliphatic carbocycles. The highest BCUT2D eigenvalue weighted by Gasteiger charge is 2.28. The normalized spacial score (nSPS) is 15.3.